The normalized spacial score (nSPS) is 14.1. The van der Waals surface area contributed by atoms with E-state index >= 15 is 0 Å². The molecular formula is C9H15BrF2O3. The van der Waals surface area contributed by atoms with Crippen molar-refractivity contribution in [1.29, 1.82) is 0 Å². The molecule has 0 fully saturated rings. The Morgan fingerprint density at radius 3 is 2.33 bits per heavy atom. The van der Waals surface area contributed by atoms with Crippen LogP contribution in [0.4, 0.5) is 8.78 Å². The van der Waals surface area contributed by atoms with Crippen LogP contribution in [0.25, 0.3) is 0 Å². The van der Waals surface area contributed by atoms with E-state index in [4.69, 9.17) is 4.74 Å². The van der Waals surface area contributed by atoms with E-state index in [1.54, 1.807) is 20.8 Å². The van der Waals surface area contributed by atoms with E-state index in [-0.39, 0.29) is 13.0 Å². The van der Waals surface area contributed by atoms with Gasteiger partial charge in [0.2, 0.25) is 0 Å². The Balaban J connectivity index is 3.80. The molecule has 1 unspecified atom stereocenters. The third-order valence-corrected chi connectivity index (χ3v) is 2.11. The average Bonchev–Trinajstić information content (AvgIpc) is 1.99. The van der Waals surface area contributed by atoms with E-state index < -0.39 is 23.0 Å². The van der Waals surface area contributed by atoms with Crippen molar-refractivity contribution in [2.24, 2.45) is 0 Å². The first-order valence-corrected chi connectivity index (χ1v) is 5.40. The molecule has 0 aromatic rings. The molecule has 0 heterocycles. The predicted octanol–water partition coefficient (Wildman–Crippen LogP) is 2.72. The summed E-state index contributed by atoms with van der Waals surface area (Å²) in [6.45, 7) is 2.22. The molecule has 0 spiro atoms. The second kappa shape index (κ2) is 6.37. The maximum Gasteiger partial charge on any atom is 0.345 e. The van der Waals surface area contributed by atoms with Gasteiger partial charge in [0.05, 0.1) is 6.61 Å². The minimum Gasteiger partial charge on any atom is -0.459 e. The van der Waals surface area contributed by atoms with Crippen LogP contribution in [0.2, 0.25) is 0 Å². The fourth-order valence-electron chi connectivity index (χ4n) is 0.744. The Bertz CT molecular complexity index is 204. The summed E-state index contributed by atoms with van der Waals surface area (Å²) in [5.74, 6) is -0.472. The molecule has 0 bridgehead atoms. The highest BCUT2D eigenvalue weighted by molar-refractivity contribution is 9.10. The van der Waals surface area contributed by atoms with Crippen molar-refractivity contribution in [2.45, 2.75) is 44.2 Å². The maximum absolute atomic E-state index is 11.6. The third kappa shape index (κ3) is 8.74. The molecule has 0 aliphatic heterocycles. The molecule has 0 saturated carbocycles. The number of hydrogen-bond donors (Lipinski definition) is 0. The zero-order chi connectivity index (χ0) is 12.1. The lowest BCUT2D eigenvalue weighted by atomic mass is 10.2. The number of carbonyl (C=O) groups is 1. The molecule has 0 aromatic carbocycles. The van der Waals surface area contributed by atoms with Gasteiger partial charge in [-0.3, -0.25) is 4.79 Å². The minimum atomic E-state index is -2.80. The van der Waals surface area contributed by atoms with Crippen molar-refractivity contribution in [3.63, 3.8) is 0 Å². The molecule has 0 aliphatic carbocycles. The summed E-state index contributed by atoms with van der Waals surface area (Å²) in [4.78, 5) is 10.7. The van der Waals surface area contributed by atoms with Gasteiger partial charge in [0.25, 0.3) is 0 Å². The number of rotatable bonds is 5. The highest BCUT2D eigenvalue weighted by Crippen LogP contribution is 2.14. The van der Waals surface area contributed by atoms with Crippen LogP contribution >= 0.6 is 15.9 Å². The van der Waals surface area contributed by atoms with Gasteiger partial charge in [-0.25, -0.2) is 0 Å². The predicted molar refractivity (Wildman–Crippen MR) is 55.1 cm³/mol. The smallest absolute Gasteiger partial charge is 0.345 e. The molecule has 6 heteroatoms. The van der Waals surface area contributed by atoms with Crippen LogP contribution in [0.5, 0.6) is 0 Å². The summed E-state index contributed by atoms with van der Waals surface area (Å²) >= 11 is 3.05. The van der Waals surface area contributed by atoms with E-state index in [9.17, 15) is 13.6 Å². The van der Waals surface area contributed by atoms with E-state index in [0.717, 1.165) is 0 Å². The lowest BCUT2D eigenvalue weighted by Gasteiger charge is -2.21. The molecule has 0 N–H and O–H groups in total. The minimum absolute atomic E-state index is 0.152. The number of ether oxygens (including phenoxy) is 2. The molecule has 1 atom stereocenters. The van der Waals surface area contributed by atoms with Crippen molar-refractivity contribution < 1.29 is 23.0 Å². The first-order valence-electron chi connectivity index (χ1n) is 4.49. The van der Waals surface area contributed by atoms with Gasteiger partial charge in [0.15, 0.2) is 0 Å². The summed E-state index contributed by atoms with van der Waals surface area (Å²) in [5, 5.41) is 0. The highest BCUT2D eigenvalue weighted by atomic mass is 79.9. The van der Waals surface area contributed by atoms with Gasteiger partial charge >= 0.3 is 12.6 Å². The van der Waals surface area contributed by atoms with Crippen LogP contribution in [-0.2, 0) is 14.3 Å². The molecule has 0 rings (SSSR count). The fraction of sp³-hybridized carbons (Fsp3) is 0.889. The lowest BCUT2D eigenvalue weighted by molar-refractivity contribution is -0.156. The molecule has 0 aromatic heterocycles. The van der Waals surface area contributed by atoms with Crippen LogP contribution in [0.3, 0.4) is 0 Å². The molecule has 90 valence electrons. The van der Waals surface area contributed by atoms with Crippen molar-refractivity contribution >= 4 is 21.9 Å². The third-order valence-electron chi connectivity index (χ3n) is 1.28. The number of carbonyl (C=O) groups excluding carboxylic acids is 1. The summed E-state index contributed by atoms with van der Waals surface area (Å²) in [6.07, 6.45) is 0.152. The second-order valence-corrected chi connectivity index (χ2v) is 5.03. The van der Waals surface area contributed by atoms with Gasteiger partial charge in [-0.15, -0.1) is 0 Å². The molecule has 15 heavy (non-hydrogen) atoms. The molecule has 3 nitrogen and oxygen atoms in total. The lowest BCUT2D eigenvalue weighted by Crippen LogP contribution is -2.29. The maximum atomic E-state index is 11.6. The van der Waals surface area contributed by atoms with Crippen LogP contribution in [0.1, 0.15) is 27.2 Å². The van der Waals surface area contributed by atoms with Crippen LogP contribution in [-0.4, -0.2) is 29.6 Å². The number of esters is 1. The van der Waals surface area contributed by atoms with Gasteiger partial charge in [0, 0.05) is 0 Å². The van der Waals surface area contributed by atoms with Crippen molar-refractivity contribution in [3.05, 3.63) is 0 Å². The molecule has 0 radical (unpaired) electrons. The van der Waals surface area contributed by atoms with Crippen LogP contribution in [0.15, 0.2) is 0 Å². The van der Waals surface area contributed by atoms with E-state index in [2.05, 4.69) is 20.7 Å². The number of hydrogen-bond acceptors (Lipinski definition) is 3. The number of alkyl halides is 3. The van der Waals surface area contributed by atoms with Crippen molar-refractivity contribution in [3.8, 4) is 0 Å². The fourth-order valence-corrected chi connectivity index (χ4v) is 1.02. The Hall–Kier alpha value is -0.230. The molecule has 0 aliphatic rings. The Labute approximate surface area is 96.2 Å². The van der Waals surface area contributed by atoms with Crippen molar-refractivity contribution in [2.75, 3.05) is 6.61 Å². The van der Waals surface area contributed by atoms with E-state index in [0.29, 0.717) is 0 Å². The van der Waals surface area contributed by atoms with Gasteiger partial charge in [-0.1, -0.05) is 15.9 Å². The SMILES string of the molecule is CC(C)(C)OC(=O)C(Br)CCOC(F)F. The van der Waals surface area contributed by atoms with Gasteiger partial charge < -0.3 is 9.47 Å². The second-order valence-electron chi connectivity index (χ2n) is 3.92. The number of halogens is 3. The monoisotopic (exact) mass is 288 g/mol. The average molecular weight is 289 g/mol. The molecule has 0 amide bonds. The summed E-state index contributed by atoms with van der Waals surface area (Å²) in [5.41, 5.74) is -0.577. The van der Waals surface area contributed by atoms with Crippen molar-refractivity contribution in [1.82, 2.24) is 0 Å². The van der Waals surface area contributed by atoms with Gasteiger partial charge in [0.1, 0.15) is 10.4 Å². The first-order chi connectivity index (χ1) is 6.72. The Kier molecular flexibility index (Phi) is 6.28. The first kappa shape index (κ1) is 14.8. The Morgan fingerprint density at radius 2 is 1.93 bits per heavy atom. The zero-order valence-corrected chi connectivity index (χ0v) is 10.5. The van der Waals surface area contributed by atoms with E-state index in [1.165, 1.54) is 0 Å². The highest BCUT2D eigenvalue weighted by Gasteiger charge is 2.22. The quantitative estimate of drug-likeness (QED) is 0.576. The van der Waals surface area contributed by atoms with E-state index in [1.807, 2.05) is 0 Å². The standard InChI is InChI=1S/C9H15BrF2O3/c1-9(2,3)15-7(13)6(10)4-5-14-8(11)12/h6,8H,4-5H2,1-3H3. The summed E-state index contributed by atoms with van der Waals surface area (Å²) < 4.78 is 32.3. The topological polar surface area (TPSA) is 35.5 Å². The van der Waals surface area contributed by atoms with Crippen LogP contribution in [0, 0.1) is 0 Å². The molecule has 0 saturated heterocycles. The molecular weight excluding hydrogens is 274 g/mol. The van der Waals surface area contributed by atoms with Crippen LogP contribution < -0.4 is 0 Å². The summed E-state index contributed by atoms with van der Waals surface area (Å²) in [6, 6.07) is 0. The zero-order valence-electron chi connectivity index (χ0n) is 8.93. The van der Waals surface area contributed by atoms with Gasteiger partial charge in [-0.2, -0.15) is 8.78 Å². The largest absolute Gasteiger partial charge is 0.459 e. The Morgan fingerprint density at radius 1 is 1.40 bits per heavy atom. The summed E-state index contributed by atoms with van der Waals surface area (Å²) in [7, 11) is 0. The van der Waals surface area contributed by atoms with Gasteiger partial charge in [-0.05, 0) is 27.2 Å².